The van der Waals surface area contributed by atoms with E-state index < -0.39 is 5.91 Å². The van der Waals surface area contributed by atoms with Gasteiger partial charge in [0.1, 0.15) is 6.61 Å². The van der Waals surface area contributed by atoms with Gasteiger partial charge in [-0.3, -0.25) is 9.69 Å². The van der Waals surface area contributed by atoms with Crippen molar-refractivity contribution in [2.75, 3.05) is 38.6 Å². The van der Waals surface area contributed by atoms with E-state index in [1.807, 2.05) is 44.2 Å². The van der Waals surface area contributed by atoms with Crippen LogP contribution in [0.15, 0.2) is 52.2 Å². The summed E-state index contributed by atoms with van der Waals surface area (Å²) in [6.07, 6.45) is 1.51. The molecular formula is C27H31N9O5. The Morgan fingerprint density at radius 3 is 2.76 bits per heavy atom. The second kappa shape index (κ2) is 13.0. The maximum Gasteiger partial charge on any atom is 0.293 e. The summed E-state index contributed by atoms with van der Waals surface area (Å²) >= 11 is 0. The largest absolute Gasteiger partial charge is 0.490 e. The summed E-state index contributed by atoms with van der Waals surface area (Å²) in [7, 11) is 0. The number of nitrogens with one attached hydrogen (secondary N) is 1. The fourth-order valence-corrected chi connectivity index (χ4v) is 4.27. The molecule has 1 aliphatic heterocycles. The molecular weight excluding hydrogens is 530 g/mol. The molecule has 2 aromatic carbocycles. The molecule has 5 rings (SSSR count). The van der Waals surface area contributed by atoms with Gasteiger partial charge in [0.2, 0.25) is 11.6 Å². The minimum atomic E-state index is -0.547. The Labute approximate surface area is 236 Å². The number of nitrogen functional groups attached to an aromatic ring is 1. The van der Waals surface area contributed by atoms with Crippen molar-refractivity contribution in [1.29, 1.82) is 0 Å². The highest BCUT2D eigenvalue weighted by Gasteiger charge is 2.26. The van der Waals surface area contributed by atoms with Crippen LogP contribution in [0, 0.1) is 6.92 Å². The van der Waals surface area contributed by atoms with Crippen LogP contribution in [0.1, 0.15) is 39.8 Å². The molecule has 1 amide bonds. The zero-order valence-electron chi connectivity index (χ0n) is 22.8. The van der Waals surface area contributed by atoms with E-state index in [1.165, 1.54) is 16.5 Å². The van der Waals surface area contributed by atoms with E-state index in [4.69, 9.17) is 24.6 Å². The topological polar surface area (TPSA) is 168 Å². The van der Waals surface area contributed by atoms with Gasteiger partial charge in [-0.1, -0.05) is 35.0 Å². The van der Waals surface area contributed by atoms with Crippen molar-refractivity contribution in [1.82, 2.24) is 35.6 Å². The maximum atomic E-state index is 13.1. The van der Waals surface area contributed by atoms with E-state index in [9.17, 15) is 4.79 Å². The second-order valence-electron chi connectivity index (χ2n) is 9.27. The first-order valence-electron chi connectivity index (χ1n) is 13.1. The Balaban J connectivity index is 1.29. The summed E-state index contributed by atoms with van der Waals surface area (Å²) < 4.78 is 23.3. The standard InChI is InChI=1S/C27H31N9O5/c1-3-39-23-14-19(7-8-22(23)40-17-20-6-4-5-18(2)13-20)15-29-31-27(37)24-21(16-35-9-11-38-12-10-35)36(34-30-24)26-25(28)32-41-33-26/h4-8,13-15H,3,9-12,16-17H2,1-2H3,(H2,28,32)(H,31,37)/b29-15+. The van der Waals surface area contributed by atoms with Crippen molar-refractivity contribution >= 4 is 17.9 Å². The zero-order chi connectivity index (χ0) is 28.6. The third-order valence-electron chi connectivity index (χ3n) is 6.28. The average Bonchev–Trinajstić information content (AvgIpc) is 3.59. The minimum Gasteiger partial charge on any atom is -0.490 e. The first-order valence-corrected chi connectivity index (χ1v) is 13.1. The van der Waals surface area contributed by atoms with Crippen molar-refractivity contribution in [2.45, 2.75) is 27.0 Å². The second-order valence-corrected chi connectivity index (χ2v) is 9.27. The van der Waals surface area contributed by atoms with Crippen LogP contribution in [0.25, 0.3) is 5.82 Å². The zero-order valence-corrected chi connectivity index (χ0v) is 22.8. The highest BCUT2D eigenvalue weighted by atomic mass is 16.6. The lowest BCUT2D eigenvalue weighted by Gasteiger charge is -2.26. The van der Waals surface area contributed by atoms with Gasteiger partial charge in [-0.05, 0) is 53.5 Å². The number of aryl methyl sites for hydroxylation is 1. The SMILES string of the molecule is CCOc1cc(/C=N/NC(=O)c2nnn(-c3nonc3N)c2CN2CCOCC2)ccc1OCc1cccc(C)c1. The van der Waals surface area contributed by atoms with Crippen LogP contribution in [0.3, 0.4) is 0 Å². The molecule has 0 radical (unpaired) electrons. The maximum absolute atomic E-state index is 13.1. The van der Waals surface area contributed by atoms with Crippen molar-refractivity contribution in [3.8, 4) is 17.3 Å². The lowest BCUT2D eigenvalue weighted by Crippen LogP contribution is -2.37. The summed E-state index contributed by atoms with van der Waals surface area (Å²) in [5.74, 6) is 0.815. The number of aromatic nitrogens is 5. The summed E-state index contributed by atoms with van der Waals surface area (Å²) in [5, 5.41) is 19.7. The molecule has 1 aliphatic rings. The molecule has 0 spiro atoms. The molecule has 0 aliphatic carbocycles. The summed E-state index contributed by atoms with van der Waals surface area (Å²) in [5.41, 5.74) is 11.9. The third kappa shape index (κ3) is 6.85. The van der Waals surface area contributed by atoms with Crippen molar-refractivity contribution < 1.29 is 23.6 Å². The number of hydrogen-bond donors (Lipinski definition) is 2. The normalized spacial score (nSPS) is 13.9. The van der Waals surface area contributed by atoms with Crippen LogP contribution < -0.4 is 20.6 Å². The molecule has 0 saturated carbocycles. The number of carbonyl (C=O) groups is 1. The van der Waals surface area contributed by atoms with E-state index >= 15 is 0 Å². The van der Waals surface area contributed by atoms with Gasteiger partial charge in [0.25, 0.3) is 5.91 Å². The van der Waals surface area contributed by atoms with E-state index in [0.29, 0.717) is 68.8 Å². The van der Waals surface area contributed by atoms with Gasteiger partial charge in [-0.25, -0.2) is 10.1 Å². The number of amides is 1. The smallest absolute Gasteiger partial charge is 0.293 e. The Morgan fingerprint density at radius 1 is 1.15 bits per heavy atom. The van der Waals surface area contributed by atoms with E-state index in [0.717, 1.165) is 5.56 Å². The molecule has 41 heavy (non-hydrogen) atoms. The molecule has 14 nitrogen and oxygen atoms in total. The average molecular weight is 562 g/mol. The van der Waals surface area contributed by atoms with Crippen molar-refractivity contribution in [2.24, 2.45) is 5.10 Å². The van der Waals surface area contributed by atoms with Crippen LogP contribution in [-0.2, 0) is 17.9 Å². The molecule has 0 atom stereocenters. The van der Waals surface area contributed by atoms with Crippen LogP contribution in [0.4, 0.5) is 5.82 Å². The molecule has 3 N–H and O–H groups in total. The Bertz CT molecular complexity index is 1510. The number of rotatable bonds is 11. The highest BCUT2D eigenvalue weighted by Crippen LogP contribution is 2.29. The van der Waals surface area contributed by atoms with Crippen molar-refractivity contribution in [3.63, 3.8) is 0 Å². The quantitative estimate of drug-likeness (QED) is 0.203. The molecule has 4 aromatic rings. The van der Waals surface area contributed by atoms with Gasteiger partial charge < -0.3 is 19.9 Å². The highest BCUT2D eigenvalue weighted by molar-refractivity contribution is 5.94. The molecule has 0 bridgehead atoms. The molecule has 2 aromatic heterocycles. The number of ether oxygens (including phenoxy) is 3. The Kier molecular flexibility index (Phi) is 8.81. The number of nitrogens with zero attached hydrogens (tertiary/aromatic N) is 7. The minimum absolute atomic E-state index is 0.0273. The molecule has 3 heterocycles. The summed E-state index contributed by atoms with van der Waals surface area (Å²) in [4.78, 5) is 15.2. The number of carbonyl (C=O) groups excluding carboxylic acids is 1. The molecule has 214 valence electrons. The number of benzene rings is 2. The lowest BCUT2D eigenvalue weighted by molar-refractivity contribution is 0.0332. The number of nitrogens with two attached hydrogens (primary N) is 1. The Morgan fingerprint density at radius 2 is 2.00 bits per heavy atom. The van der Waals surface area contributed by atoms with Gasteiger partial charge >= 0.3 is 0 Å². The van der Waals surface area contributed by atoms with Gasteiger partial charge in [0, 0.05) is 19.6 Å². The Hall–Kier alpha value is -4.82. The van der Waals surface area contributed by atoms with Crippen molar-refractivity contribution in [3.05, 3.63) is 70.5 Å². The fourth-order valence-electron chi connectivity index (χ4n) is 4.27. The van der Waals surface area contributed by atoms with Crippen LogP contribution in [-0.4, -0.2) is 75.2 Å². The molecule has 14 heteroatoms. The van der Waals surface area contributed by atoms with Crippen LogP contribution in [0.5, 0.6) is 11.5 Å². The van der Waals surface area contributed by atoms with Gasteiger partial charge in [-0.2, -0.15) is 9.78 Å². The number of morpholine rings is 1. The van der Waals surface area contributed by atoms with E-state index in [1.54, 1.807) is 6.07 Å². The third-order valence-corrected chi connectivity index (χ3v) is 6.28. The van der Waals surface area contributed by atoms with Gasteiger partial charge in [0.05, 0.1) is 31.7 Å². The number of hydrazone groups is 1. The molecule has 0 unspecified atom stereocenters. The lowest BCUT2D eigenvalue weighted by atomic mass is 10.1. The van der Waals surface area contributed by atoms with E-state index in [2.05, 4.69) is 42.1 Å². The van der Waals surface area contributed by atoms with Gasteiger partial charge in [0.15, 0.2) is 17.2 Å². The first kappa shape index (κ1) is 27.7. The van der Waals surface area contributed by atoms with Gasteiger partial charge in [-0.15, -0.1) is 5.10 Å². The van der Waals surface area contributed by atoms with Crippen LogP contribution >= 0.6 is 0 Å². The fraction of sp³-hybridized carbons (Fsp3) is 0.333. The number of anilines is 1. The monoisotopic (exact) mass is 561 g/mol. The molecule has 1 fully saturated rings. The number of hydrogen-bond acceptors (Lipinski definition) is 12. The van der Waals surface area contributed by atoms with Crippen LogP contribution in [0.2, 0.25) is 0 Å². The summed E-state index contributed by atoms with van der Waals surface area (Å²) in [6, 6.07) is 13.6. The predicted octanol–water partition coefficient (Wildman–Crippen LogP) is 2.11. The predicted molar refractivity (Wildman–Crippen MR) is 148 cm³/mol. The summed E-state index contributed by atoms with van der Waals surface area (Å²) in [6.45, 7) is 7.71. The molecule has 1 saturated heterocycles. The van der Waals surface area contributed by atoms with E-state index in [-0.39, 0.29) is 17.3 Å². The first-order chi connectivity index (χ1) is 20.0.